The lowest BCUT2D eigenvalue weighted by molar-refractivity contribution is 0.185. The number of nitrogens with zero attached hydrogens (tertiary/aromatic N) is 3. The van der Waals surface area contributed by atoms with Crippen LogP contribution in [0.5, 0.6) is 5.75 Å². The third kappa shape index (κ3) is 4.19. The van der Waals surface area contributed by atoms with E-state index < -0.39 is 6.10 Å². The summed E-state index contributed by atoms with van der Waals surface area (Å²) in [5.74, 6) is 2.32. The number of hydrogen-bond donors (Lipinski definition) is 1. The van der Waals surface area contributed by atoms with Gasteiger partial charge in [-0.05, 0) is 19.8 Å². The maximum Gasteiger partial charge on any atom is 0.162 e. The number of aliphatic hydroxyl groups excluding tert-OH is 1. The quantitative estimate of drug-likeness (QED) is 0.772. The molecular formula is C12H23N3O2S. The molecule has 0 spiro atoms. The van der Waals surface area contributed by atoms with Crippen molar-refractivity contribution in [1.82, 2.24) is 14.7 Å². The molecule has 6 heteroatoms. The Hall–Kier alpha value is -0.720. The van der Waals surface area contributed by atoms with Crippen molar-refractivity contribution in [2.24, 2.45) is 0 Å². The van der Waals surface area contributed by atoms with Gasteiger partial charge in [-0.25, -0.2) is 0 Å². The van der Waals surface area contributed by atoms with Crippen molar-refractivity contribution in [2.45, 2.75) is 19.6 Å². The highest BCUT2D eigenvalue weighted by molar-refractivity contribution is 7.99. The molecule has 5 nitrogen and oxygen atoms in total. The van der Waals surface area contributed by atoms with Gasteiger partial charge in [-0.2, -0.15) is 16.9 Å². The fourth-order valence-electron chi connectivity index (χ4n) is 1.65. The molecule has 0 amide bonds. The minimum absolute atomic E-state index is 0.533. The van der Waals surface area contributed by atoms with E-state index in [0.29, 0.717) is 11.5 Å². The number of likely N-dealkylation sites (N-methyl/N-ethyl adjacent to an activating group) is 1. The van der Waals surface area contributed by atoms with Gasteiger partial charge in [0.2, 0.25) is 0 Å². The Labute approximate surface area is 113 Å². The van der Waals surface area contributed by atoms with Crippen molar-refractivity contribution in [2.75, 3.05) is 39.3 Å². The lowest BCUT2D eigenvalue weighted by Crippen LogP contribution is -2.21. The Morgan fingerprint density at radius 2 is 2.28 bits per heavy atom. The average molecular weight is 273 g/mol. The highest BCUT2D eigenvalue weighted by atomic mass is 32.2. The van der Waals surface area contributed by atoms with E-state index in [1.54, 1.807) is 25.1 Å². The first-order valence-corrected chi connectivity index (χ1v) is 7.25. The molecule has 104 valence electrons. The molecule has 0 fully saturated rings. The monoisotopic (exact) mass is 273 g/mol. The summed E-state index contributed by atoms with van der Waals surface area (Å²) < 4.78 is 7.10. The van der Waals surface area contributed by atoms with Crippen molar-refractivity contribution in [1.29, 1.82) is 0 Å². The summed E-state index contributed by atoms with van der Waals surface area (Å²) in [6, 6.07) is 0. The van der Waals surface area contributed by atoms with Gasteiger partial charge in [0.1, 0.15) is 11.8 Å². The molecule has 0 saturated heterocycles. The highest BCUT2D eigenvalue weighted by Crippen LogP contribution is 2.27. The fraction of sp³-hybridized carbons (Fsp3) is 0.750. The average Bonchev–Trinajstić information content (AvgIpc) is 2.76. The van der Waals surface area contributed by atoms with Crippen molar-refractivity contribution < 1.29 is 9.84 Å². The van der Waals surface area contributed by atoms with E-state index in [1.165, 1.54) is 0 Å². The number of hydrogen-bond acceptors (Lipinski definition) is 5. The SMILES string of the molecule is CCSCC(O)c1c(OC)cnn1CCN(C)C. The first kappa shape index (κ1) is 15.3. The molecule has 0 saturated carbocycles. The molecule has 1 aromatic heterocycles. The van der Waals surface area contributed by atoms with Gasteiger partial charge in [0, 0.05) is 12.3 Å². The molecule has 1 rings (SSSR count). The zero-order valence-corrected chi connectivity index (χ0v) is 12.4. The lowest BCUT2D eigenvalue weighted by Gasteiger charge is -2.16. The van der Waals surface area contributed by atoms with Crippen molar-refractivity contribution in [3.05, 3.63) is 11.9 Å². The Kier molecular flexibility index (Phi) is 6.52. The second-order valence-electron chi connectivity index (χ2n) is 4.30. The maximum atomic E-state index is 10.2. The number of methoxy groups -OCH3 is 1. The molecule has 0 aliphatic heterocycles. The van der Waals surface area contributed by atoms with Crippen LogP contribution >= 0.6 is 11.8 Å². The molecule has 18 heavy (non-hydrogen) atoms. The molecule has 0 bridgehead atoms. The third-order valence-electron chi connectivity index (χ3n) is 2.62. The molecule has 1 unspecified atom stereocenters. The van der Waals surface area contributed by atoms with Gasteiger partial charge < -0.3 is 14.7 Å². The molecular weight excluding hydrogens is 250 g/mol. The van der Waals surface area contributed by atoms with Gasteiger partial charge in [-0.15, -0.1) is 0 Å². The Bertz CT molecular complexity index is 355. The van der Waals surface area contributed by atoms with E-state index in [4.69, 9.17) is 4.74 Å². The van der Waals surface area contributed by atoms with Crippen molar-refractivity contribution >= 4 is 11.8 Å². The van der Waals surface area contributed by atoms with Crippen LogP contribution in [0.25, 0.3) is 0 Å². The Morgan fingerprint density at radius 3 is 2.83 bits per heavy atom. The summed E-state index contributed by atoms with van der Waals surface area (Å²) in [5.41, 5.74) is 0.778. The summed E-state index contributed by atoms with van der Waals surface area (Å²) in [7, 11) is 5.64. The number of rotatable bonds is 8. The standard InChI is InChI=1S/C12H23N3O2S/c1-5-18-9-10(16)12-11(17-4)8-13-15(12)7-6-14(2)3/h8,10,16H,5-7,9H2,1-4H3. The molecule has 0 aromatic carbocycles. The summed E-state index contributed by atoms with van der Waals surface area (Å²) in [6.45, 7) is 3.71. The zero-order chi connectivity index (χ0) is 13.5. The van der Waals surface area contributed by atoms with Gasteiger partial charge in [0.15, 0.2) is 5.75 Å². The van der Waals surface area contributed by atoms with Gasteiger partial charge >= 0.3 is 0 Å². The van der Waals surface area contributed by atoms with E-state index in [1.807, 2.05) is 18.8 Å². The fourth-order valence-corrected chi connectivity index (χ4v) is 2.27. The minimum atomic E-state index is -0.533. The van der Waals surface area contributed by atoms with Gasteiger partial charge in [-0.1, -0.05) is 6.92 Å². The van der Waals surface area contributed by atoms with Crippen LogP contribution in [-0.2, 0) is 6.54 Å². The summed E-state index contributed by atoms with van der Waals surface area (Å²) in [6.07, 6.45) is 1.14. The summed E-state index contributed by atoms with van der Waals surface area (Å²) in [4.78, 5) is 2.09. The van der Waals surface area contributed by atoms with E-state index in [-0.39, 0.29) is 0 Å². The Morgan fingerprint density at radius 1 is 1.56 bits per heavy atom. The zero-order valence-electron chi connectivity index (χ0n) is 11.6. The minimum Gasteiger partial charge on any atom is -0.493 e. The molecule has 1 aromatic rings. The molecule has 1 N–H and O–H groups in total. The molecule has 0 aliphatic rings. The first-order chi connectivity index (χ1) is 8.60. The number of ether oxygens (including phenoxy) is 1. The number of aromatic nitrogens is 2. The Balaban J connectivity index is 2.80. The predicted octanol–water partition coefficient (Wildman–Crippen LogP) is 1.24. The number of aliphatic hydroxyl groups is 1. The molecule has 1 heterocycles. The summed E-state index contributed by atoms with van der Waals surface area (Å²) >= 11 is 1.71. The molecule has 0 radical (unpaired) electrons. The largest absolute Gasteiger partial charge is 0.493 e. The topological polar surface area (TPSA) is 50.5 Å². The van der Waals surface area contributed by atoms with Gasteiger partial charge in [0.25, 0.3) is 0 Å². The predicted molar refractivity (Wildman–Crippen MR) is 75.3 cm³/mol. The van der Waals surface area contributed by atoms with Crippen LogP contribution in [0.15, 0.2) is 6.20 Å². The van der Waals surface area contributed by atoms with E-state index in [2.05, 4.69) is 16.9 Å². The van der Waals surface area contributed by atoms with Crippen LogP contribution in [0.4, 0.5) is 0 Å². The summed E-state index contributed by atoms with van der Waals surface area (Å²) in [5, 5.41) is 14.5. The lowest BCUT2D eigenvalue weighted by atomic mass is 10.2. The normalized spacial score (nSPS) is 13.0. The van der Waals surface area contributed by atoms with Crippen LogP contribution in [0, 0.1) is 0 Å². The number of thioether (sulfide) groups is 1. The van der Waals surface area contributed by atoms with Crippen molar-refractivity contribution in [3.8, 4) is 5.75 Å². The second-order valence-corrected chi connectivity index (χ2v) is 5.62. The van der Waals surface area contributed by atoms with Crippen LogP contribution in [0.1, 0.15) is 18.7 Å². The maximum absolute atomic E-state index is 10.2. The first-order valence-electron chi connectivity index (χ1n) is 6.10. The highest BCUT2D eigenvalue weighted by Gasteiger charge is 2.19. The van der Waals surface area contributed by atoms with Crippen LogP contribution < -0.4 is 4.74 Å². The molecule has 0 aliphatic carbocycles. The van der Waals surface area contributed by atoms with Crippen LogP contribution in [-0.4, -0.2) is 59.0 Å². The second kappa shape index (κ2) is 7.66. The van der Waals surface area contributed by atoms with Gasteiger partial charge in [-0.3, -0.25) is 4.68 Å². The smallest absolute Gasteiger partial charge is 0.162 e. The van der Waals surface area contributed by atoms with E-state index >= 15 is 0 Å². The van der Waals surface area contributed by atoms with Crippen LogP contribution in [0.3, 0.4) is 0 Å². The van der Waals surface area contributed by atoms with E-state index in [0.717, 1.165) is 24.5 Å². The van der Waals surface area contributed by atoms with Crippen molar-refractivity contribution in [3.63, 3.8) is 0 Å². The third-order valence-corrected chi connectivity index (χ3v) is 3.58. The van der Waals surface area contributed by atoms with E-state index in [9.17, 15) is 5.11 Å². The molecule has 1 atom stereocenters. The van der Waals surface area contributed by atoms with Gasteiger partial charge in [0.05, 0.1) is 19.9 Å². The van der Waals surface area contributed by atoms with Crippen LogP contribution in [0.2, 0.25) is 0 Å².